The van der Waals surface area contributed by atoms with E-state index in [0.717, 1.165) is 31.3 Å². The molecule has 0 spiro atoms. The third-order valence-corrected chi connectivity index (χ3v) is 4.67. The number of carboxylic acid groups (broad SMARTS) is 1. The van der Waals surface area contributed by atoms with Crippen LogP contribution < -0.4 is 4.90 Å². The van der Waals surface area contributed by atoms with Gasteiger partial charge in [-0.3, -0.25) is 0 Å². The summed E-state index contributed by atoms with van der Waals surface area (Å²) in [6.07, 6.45) is 3.25. The first kappa shape index (κ1) is 11.8. The summed E-state index contributed by atoms with van der Waals surface area (Å²) in [7, 11) is 0. The largest absolute Gasteiger partial charge is 0.480 e. The van der Waals surface area contributed by atoms with Crippen LogP contribution in [0.15, 0.2) is 28.7 Å². The summed E-state index contributed by atoms with van der Waals surface area (Å²) in [5, 5.41) is 9.56. The van der Waals surface area contributed by atoms with Gasteiger partial charge in [0.1, 0.15) is 11.6 Å². The van der Waals surface area contributed by atoms with Crippen molar-refractivity contribution in [3.05, 3.63) is 24.3 Å². The maximum Gasteiger partial charge on any atom is 0.326 e. The molecule has 104 valence electrons. The fourth-order valence-electron chi connectivity index (χ4n) is 3.80. The zero-order valence-electron chi connectivity index (χ0n) is 11.0. The van der Waals surface area contributed by atoms with Crippen LogP contribution in [0.25, 0.3) is 11.1 Å². The molecule has 2 heterocycles. The number of aliphatic carboxylic acids is 1. The van der Waals surface area contributed by atoms with Crippen LogP contribution in [-0.2, 0) is 4.79 Å². The van der Waals surface area contributed by atoms with E-state index in [2.05, 4.69) is 4.98 Å². The minimum Gasteiger partial charge on any atom is -0.480 e. The van der Waals surface area contributed by atoms with Gasteiger partial charge in [0.05, 0.1) is 0 Å². The van der Waals surface area contributed by atoms with Crippen LogP contribution in [0.4, 0.5) is 6.01 Å². The highest BCUT2D eigenvalue weighted by Crippen LogP contribution is 2.44. The third kappa shape index (κ3) is 1.62. The van der Waals surface area contributed by atoms with Crippen LogP contribution in [0.2, 0.25) is 0 Å². The number of para-hydroxylation sites is 2. The number of nitrogens with zero attached hydrogens (tertiary/aromatic N) is 2. The molecule has 5 nitrogen and oxygen atoms in total. The summed E-state index contributed by atoms with van der Waals surface area (Å²) >= 11 is 0. The number of oxazole rings is 1. The molecule has 0 bridgehead atoms. The quantitative estimate of drug-likeness (QED) is 0.910. The number of hydrogen-bond donors (Lipinski definition) is 1. The van der Waals surface area contributed by atoms with Crippen molar-refractivity contribution >= 4 is 23.1 Å². The zero-order valence-corrected chi connectivity index (χ0v) is 11.0. The smallest absolute Gasteiger partial charge is 0.326 e. The maximum absolute atomic E-state index is 11.6. The highest BCUT2D eigenvalue weighted by Gasteiger charge is 2.49. The van der Waals surface area contributed by atoms with Crippen molar-refractivity contribution in [2.24, 2.45) is 11.8 Å². The van der Waals surface area contributed by atoms with Gasteiger partial charge in [0.25, 0.3) is 6.01 Å². The van der Waals surface area contributed by atoms with Crippen molar-refractivity contribution in [2.45, 2.75) is 25.3 Å². The Bertz CT molecular complexity index is 633. The molecule has 0 amide bonds. The van der Waals surface area contributed by atoms with E-state index in [1.165, 1.54) is 0 Å². The van der Waals surface area contributed by atoms with Crippen LogP contribution in [0.5, 0.6) is 0 Å². The van der Waals surface area contributed by atoms with Gasteiger partial charge in [0, 0.05) is 6.54 Å². The van der Waals surface area contributed by atoms with Crippen molar-refractivity contribution in [1.29, 1.82) is 0 Å². The molecule has 5 heteroatoms. The fraction of sp³-hybridized carbons (Fsp3) is 0.467. The van der Waals surface area contributed by atoms with Crippen molar-refractivity contribution in [2.75, 3.05) is 11.4 Å². The topological polar surface area (TPSA) is 66.6 Å². The molecule has 1 saturated carbocycles. The van der Waals surface area contributed by atoms with Crippen molar-refractivity contribution in [3.8, 4) is 0 Å². The van der Waals surface area contributed by atoms with Gasteiger partial charge in [-0.1, -0.05) is 18.6 Å². The van der Waals surface area contributed by atoms with Crippen molar-refractivity contribution < 1.29 is 14.3 Å². The summed E-state index contributed by atoms with van der Waals surface area (Å²) in [5.74, 6) is -0.0599. The van der Waals surface area contributed by atoms with E-state index < -0.39 is 12.0 Å². The number of benzene rings is 1. The lowest BCUT2D eigenvalue weighted by atomic mass is 9.94. The number of carboxylic acids is 1. The average molecular weight is 272 g/mol. The number of fused-ring (bicyclic) bond motifs is 2. The zero-order chi connectivity index (χ0) is 13.7. The number of anilines is 1. The molecule has 2 aromatic rings. The predicted octanol–water partition coefficient (Wildman–Crippen LogP) is 2.52. The molecule has 1 saturated heterocycles. The van der Waals surface area contributed by atoms with Crippen LogP contribution in [0, 0.1) is 11.8 Å². The Morgan fingerprint density at radius 3 is 3.00 bits per heavy atom. The van der Waals surface area contributed by atoms with E-state index in [1.807, 2.05) is 29.2 Å². The molecule has 0 radical (unpaired) electrons. The monoisotopic (exact) mass is 272 g/mol. The summed E-state index contributed by atoms with van der Waals surface area (Å²) in [6, 6.07) is 7.50. The minimum absolute atomic E-state index is 0.238. The molecule has 1 aliphatic carbocycles. The lowest BCUT2D eigenvalue weighted by Gasteiger charge is -2.22. The Morgan fingerprint density at radius 1 is 1.35 bits per heavy atom. The van der Waals surface area contributed by atoms with E-state index in [1.54, 1.807) is 0 Å². The Hall–Kier alpha value is -2.04. The normalized spacial score (nSPS) is 29.0. The average Bonchev–Trinajstić information content (AvgIpc) is 3.10. The van der Waals surface area contributed by atoms with Crippen LogP contribution in [0.1, 0.15) is 19.3 Å². The molecule has 1 aromatic carbocycles. The van der Waals surface area contributed by atoms with Gasteiger partial charge in [0.15, 0.2) is 5.58 Å². The van der Waals surface area contributed by atoms with E-state index in [-0.39, 0.29) is 5.92 Å². The molecule has 3 unspecified atom stereocenters. The van der Waals surface area contributed by atoms with Crippen molar-refractivity contribution in [3.63, 3.8) is 0 Å². The van der Waals surface area contributed by atoms with Crippen LogP contribution >= 0.6 is 0 Å². The van der Waals surface area contributed by atoms with Gasteiger partial charge in [-0.15, -0.1) is 0 Å². The molecule has 20 heavy (non-hydrogen) atoms. The summed E-state index contributed by atoms with van der Waals surface area (Å²) in [6.45, 7) is 0.744. The lowest BCUT2D eigenvalue weighted by molar-refractivity contribution is -0.139. The second-order valence-corrected chi connectivity index (χ2v) is 5.75. The minimum atomic E-state index is -0.762. The highest BCUT2D eigenvalue weighted by molar-refractivity contribution is 5.80. The van der Waals surface area contributed by atoms with Gasteiger partial charge in [-0.2, -0.15) is 4.98 Å². The van der Waals surface area contributed by atoms with E-state index in [4.69, 9.17) is 4.42 Å². The molecular weight excluding hydrogens is 256 g/mol. The molecule has 1 aliphatic heterocycles. The van der Waals surface area contributed by atoms with Gasteiger partial charge in [-0.25, -0.2) is 4.79 Å². The van der Waals surface area contributed by atoms with E-state index in [0.29, 0.717) is 17.5 Å². The standard InChI is InChI=1S/C15H16N2O3/c18-14(19)13-10-5-3-4-9(10)8-17(13)15-16-11-6-1-2-7-12(11)20-15/h1-2,6-7,9-10,13H,3-5,8H2,(H,18,19). The third-order valence-electron chi connectivity index (χ3n) is 4.67. The van der Waals surface area contributed by atoms with Gasteiger partial charge in [0.2, 0.25) is 0 Å². The second-order valence-electron chi connectivity index (χ2n) is 5.75. The van der Waals surface area contributed by atoms with Crippen LogP contribution in [-0.4, -0.2) is 28.6 Å². The Kier molecular flexibility index (Phi) is 2.49. The summed E-state index contributed by atoms with van der Waals surface area (Å²) in [5.41, 5.74) is 1.49. The van der Waals surface area contributed by atoms with E-state index in [9.17, 15) is 9.90 Å². The predicted molar refractivity (Wildman–Crippen MR) is 73.6 cm³/mol. The van der Waals surface area contributed by atoms with Gasteiger partial charge in [-0.05, 0) is 36.8 Å². The molecule has 1 N–H and O–H groups in total. The molecule has 3 atom stereocenters. The molecule has 1 aromatic heterocycles. The Balaban J connectivity index is 1.74. The van der Waals surface area contributed by atoms with Gasteiger partial charge < -0.3 is 14.4 Å². The second kappa shape index (κ2) is 4.23. The Morgan fingerprint density at radius 2 is 2.20 bits per heavy atom. The lowest BCUT2D eigenvalue weighted by Crippen LogP contribution is -2.39. The van der Waals surface area contributed by atoms with Crippen molar-refractivity contribution in [1.82, 2.24) is 4.98 Å². The van der Waals surface area contributed by atoms with E-state index >= 15 is 0 Å². The summed E-state index contributed by atoms with van der Waals surface area (Å²) < 4.78 is 5.75. The Labute approximate surface area is 116 Å². The number of aromatic nitrogens is 1. The summed E-state index contributed by atoms with van der Waals surface area (Å²) in [4.78, 5) is 17.9. The molecule has 2 aliphatic rings. The molecule has 4 rings (SSSR count). The first-order valence-electron chi connectivity index (χ1n) is 7.09. The van der Waals surface area contributed by atoms with Crippen LogP contribution in [0.3, 0.4) is 0 Å². The molecular formula is C15H16N2O3. The SMILES string of the molecule is O=C(O)C1C2CCCC2CN1c1nc2ccccc2o1. The van der Waals surface area contributed by atoms with Gasteiger partial charge >= 0.3 is 5.97 Å². The maximum atomic E-state index is 11.6. The highest BCUT2D eigenvalue weighted by atomic mass is 16.4. The number of rotatable bonds is 2. The number of hydrogen-bond acceptors (Lipinski definition) is 4. The fourth-order valence-corrected chi connectivity index (χ4v) is 3.80. The number of carbonyl (C=O) groups is 1. The first-order chi connectivity index (χ1) is 9.74. The molecule has 2 fully saturated rings. The first-order valence-corrected chi connectivity index (χ1v) is 7.09.